The fourth-order valence-corrected chi connectivity index (χ4v) is 0.805. The maximum atomic E-state index is 10.1. The van der Waals surface area contributed by atoms with Gasteiger partial charge in [-0.2, -0.15) is 5.26 Å². The molecule has 0 aromatic heterocycles. The second-order valence-corrected chi connectivity index (χ2v) is 2.34. The Morgan fingerprint density at radius 2 is 2.00 bits per heavy atom. The Morgan fingerprint density at radius 3 is 2.31 bits per heavy atom. The van der Waals surface area contributed by atoms with Crippen LogP contribution >= 0.6 is 11.6 Å². The predicted octanol–water partition coefficient (Wildman–Crippen LogP) is 2.78. The van der Waals surface area contributed by atoms with E-state index in [1.54, 1.807) is 18.2 Å². The van der Waals surface area contributed by atoms with Gasteiger partial charge in [0.2, 0.25) is 0 Å². The Morgan fingerprint density at radius 1 is 1.54 bits per heavy atom. The van der Waals surface area contributed by atoms with Crippen LogP contribution in [0.2, 0.25) is 5.02 Å². The molecular formula is C8H7ClN2O2. The third kappa shape index (κ3) is 4.09. The van der Waals surface area contributed by atoms with Gasteiger partial charge in [-0.1, -0.05) is 23.7 Å². The van der Waals surface area contributed by atoms with Crippen molar-refractivity contribution in [2.24, 2.45) is 0 Å². The predicted molar refractivity (Wildman–Crippen MR) is 49.4 cm³/mol. The summed E-state index contributed by atoms with van der Waals surface area (Å²) < 4.78 is 0. The Hall–Kier alpha value is -1.60. The molecule has 0 aliphatic carbocycles. The third-order valence-electron chi connectivity index (χ3n) is 1.05. The third-order valence-corrected chi connectivity index (χ3v) is 1.37. The van der Waals surface area contributed by atoms with Crippen molar-refractivity contribution in [2.75, 3.05) is 0 Å². The number of rotatable bonds is 1. The van der Waals surface area contributed by atoms with E-state index in [9.17, 15) is 10.1 Å². The molecule has 0 aliphatic heterocycles. The molecule has 0 aliphatic rings. The van der Waals surface area contributed by atoms with Crippen LogP contribution in [-0.2, 0) is 0 Å². The van der Waals surface area contributed by atoms with E-state index in [1.807, 2.05) is 0 Å². The summed E-state index contributed by atoms with van der Waals surface area (Å²) in [6.07, 6.45) is 0. The van der Waals surface area contributed by atoms with Crippen molar-refractivity contribution in [3.63, 3.8) is 0 Å². The van der Waals surface area contributed by atoms with E-state index in [0.717, 1.165) is 0 Å². The maximum Gasteiger partial charge on any atom is 0.287 e. The molecule has 1 aromatic rings. The van der Waals surface area contributed by atoms with E-state index >= 15 is 0 Å². The quantitative estimate of drug-likeness (QED) is 0.515. The van der Waals surface area contributed by atoms with E-state index in [1.165, 1.54) is 19.1 Å². The van der Waals surface area contributed by atoms with Gasteiger partial charge in [-0.05, 0) is 6.07 Å². The summed E-state index contributed by atoms with van der Waals surface area (Å²) in [6.45, 7) is 1.43. The summed E-state index contributed by atoms with van der Waals surface area (Å²) in [5, 5.41) is 17.6. The number of halogens is 1. The van der Waals surface area contributed by atoms with Crippen LogP contribution in [0.15, 0.2) is 24.3 Å². The van der Waals surface area contributed by atoms with E-state index in [-0.39, 0.29) is 10.7 Å². The summed E-state index contributed by atoms with van der Waals surface area (Å²) in [6, 6.07) is 7.82. The standard InChI is InChI=1S/C6H4ClNO2.C2H3N/c7-5-3-1-2-4-6(5)8(9)10;1-2-3/h1-4H;1H3. The molecule has 0 fully saturated rings. The Kier molecular flexibility index (Phi) is 5.24. The van der Waals surface area contributed by atoms with Crippen molar-refractivity contribution in [3.8, 4) is 6.07 Å². The maximum absolute atomic E-state index is 10.1. The molecule has 0 bridgehead atoms. The topological polar surface area (TPSA) is 66.9 Å². The first-order valence-electron chi connectivity index (χ1n) is 3.33. The van der Waals surface area contributed by atoms with E-state index < -0.39 is 4.92 Å². The van der Waals surface area contributed by atoms with Crippen molar-refractivity contribution in [3.05, 3.63) is 39.4 Å². The first-order valence-corrected chi connectivity index (χ1v) is 3.71. The lowest BCUT2D eigenvalue weighted by molar-refractivity contribution is -0.384. The van der Waals surface area contributed by atoms with Crippen molar-refractivity contribution >= 4 is 17.3 Å². The minimum Gasteiger partial charge on any atom is -0.258 e. The van der Waals surface area contributed by atoms with Crippen LogP contribution < -0.4 is 0 Å². The second kappa shape index (κ2) is 5.98. The van der Waals surface area contributed by atoms with Crippen LogP contribution in [-0.4, -0.2) is 4.92 Å². The fourth-order valence-electron chi connectivity index (χ4n) is 0.600. The zero-order valence-electron chi connectivity index (χ0n) is 6.90. The Labute approximate surface area is 80.5 Å². The number of nitriles is 1. The summed E-state index contributed by atoms with van der Waals surface area (Å²) in [4.78, 5) is 9.63. The minimum atomic E-state index is -0.512. The molecule has 0 saturated carbocycles. The largest absolute Gasteiger partial charge is 0.287 e. The van der Waals surface area contributed by atoms with Crippen molar-refractivity contribution < 1.29 is 4.92 Å². The first kappa shape index (κ1) is 11.4. The first-order chi connectivity index (χ1) is 6.13. The SMILES string of the molecule is CC#N.O=[N+]([O-])c1ccccc1Cl. The summed E-state index contributed by atoms with van der Waals surface area (Å²) in [7, 11) is 0. The number of hydrogen-bond acceptors (Lipinski definition) is 3. The van der Waals surface area contributed by atoms with Crippen LogP contribution in [0.25, 0.3) is 0 Å². The van der Waals surface area contributed by atoms with Crippen LogP contribution in [0.1, 0.15) is 6.92 Å². The lowest BCUT2D eigenvalue weighted by Crippen LogP contribution is -1.87. The second-order valence-electron chi connectivity index (χ2n) is 1.93. The van der Waals surface area contributed by atoms with Gasteiger partial charge in [0.1, 0.15) is 5.02 Å². The van der Waals surface area contributed by atoms with Gasteiger partial charge in [0, 0.05) is 13.0 Å². The van der Waals surface area contributed by atoms with Crippen molar-refractivity contribution in [1.82, 2.24) is 0 Å². The van der Waals surface area contributed by atoms with Gasteiger partial charge in [0.05, 0.1) is 11.0 Å². The molecule has 0 unspecified atom stereocenters. The smallest absolute Gasteiger partial charge is 0.258 e. The molecule has 1 rings (SSSR count). The van der Waals surface area contributed by atoms with Gasteiger partial charge >= 0.3 is 0 Å². The summed E-state index contributed by atoms with van der Waals surface area (Å²) in [5.41, 5.74) is -0.0517. The molecule has 0 radical (unpaired) electrons. The van der Waals surface area contributed by atoms with Gasteiger partial charge in [-0.25, -0.2) is 0 Å². The van der Waals surface area contributed by atoms with E-state index in [2.05, 4.69) is 0 Å². The zero-order valence-corrected chi connectivity index (χ0v) is 7.65. The molecule has 0 spiro atoms. The molecule has 0 amide bonds. The molecule has 1 aromatic carbocycles. The highest BCUT2D eigenvalue weighted by atomic mass is 35.5. The fraction of sp³-hybridized carbons (Fsp3) is 0.125. The van der Waals surface area contributed by atoms with Crippen LogP contribution in [0.3, 0.4) is 0 Å². The molecule has 68 valence electrons. The van der Waals surface area contributed by atoms with Crippen molar-refractivity contribution in [2.45, 2.75) is 6.92 Å². The van der Waals surface area contributed by atoms with Gasteiger partial charge < -0.3 is 0 Å². The Bertz CT molecular complexity index is 333. The van der Waals surface area contributed by atoms with Crippen molar-refractivity contribution in [1.29, 1.82) is 5.26 Å². The molecule has 0 saturated heterocycles. The molecular weight excluding hydrogens is 192 g/mol. The molecule has 0 heterocycles. The average Bonchev–Trinajstić information content (AvgIpc) is 2.06. The van der Waals surface area contributed by atoms with Crippen LogP contribution in [0, 0.1) is 21.4 Å². The van der Waals surface area contributed by atoms with Gasteiger partial charge in [0.15, 0.2) is 0 Å². The number of benzene rings is 1. The van der Waals surface area contributed by atoms with Crippen LogP contribution in [0.4, 0.5) is 5.69 Å². The normalized spacial score (nSPS) is 7.77. The monoisotopic (exact) mass is 198 g/mol. The zero-order chi connectivity index (χ0) is 10.3. The average molecular weight is 199 g/mol. The molecule has 0 N–H and O–H groups in total. The van der Waals surface area contributed by atoms with Gasteiger partial charge in [0.25, 0.3) is 5.69 Å². The minimum absolute atomic E-state index is 0.0517. The van der Waals surface area contributed by atoms with Gasteiger partial charge in [-0.3, -0.25) is 10.1 Å². The van der Waals surface area contributed by atoms with E-state index in [4.69, 9.17) is 16.9 Å². The van der Waals surface area contributed by atoms with E-state index in [0.29, 0.717) is 0 Å². The number of hydrogen-bond donors (Lipinski definition) is 0. The molecule has 5 heteroatoms. The highest BCUT2D eigenvalue weighted by Crippen LogP contribution is 2.21. The number of nitrogens with zero attached hydrogens (tertiary/aromatic N) is 2. The number of nitro benzene ring substituents is 1. The van der Waals surface area contributed by atoms with Gasteiger partial charge in [-0.15, -0.1) is 0 Å². The lowest BCUT2D eigenvalue weighted by Gasteiger charge is -1.90. The summed E-state index contributed by atoms with van der Waals surface area (Å²) >= 11 is 5.48. The molecule has 0 atom stereocenters. The lowest BCUT2D eigenvalue weighted by atomic mass is 10.3. The molecule has 4 nitrogen and oxygen atoms in total. The molecule has 13 heavy (non-hydrogen) atoms. The number of nitro groups is 1. The number of para-hydroxylation sites is 1. The highest BCUT2D eigenvalue weighted by molar-refractivity contribution is 6.32. The summed E-state index contributed by atoms with van der Waals surface area (Å²) in [5.74, 6) is 0. The van der Waals surface area contributed by atoms with Crippen LogP contribution in [0.5, 0.6) is 0 Å². The highest BCUT2D eigenvalue weighted by Gasteiger charge is 2.08. The Balaban J connectivity index is 0.000000424.